The van der Waals surface area contributed by atoms with Crippen molar-refractivity contribution in [3.63, 3.8) is 0 Å². The third kappa shape index (κ3) is 3.80. The zero-order valence-corrected chi connectivity index (χ0v) is 16.9. The van der Waals surface area contributed by atoms with Gasteiger partial charge in [-0.1, -0.05) is 70.7 Å². The van der Waals surface area contributed by atoms with Crippen molar-refractivity contribution in [3.05, 3.63) is 74.9 Å². The van der Waals surface area contributed by atoms with E-state index in [0.29, 0.717) is 23.1 Å². The van der Waals surface area contributed by atoms with Gasteiger partial charge in [-0.05, 0) is 30.3 Å². The lowest BCUT2D eigenvalue weighted by molar-refractivity contribution is 0.482. The van der Waals surface area contributed by atoms with E-state index in [1.54, 1.807) is 18.2 Å². The smallest absolute Gasteiger partial charge is 0.248 e. The molecule has 0 unspecified atom stereocenters. The minimum Gasteiger partial charge on any atom is -0.454 e. The summed E-state index contributed by atoms with van der Waals surface area (Å²) in [6.45, 7) is 0. The Hall–Kier alpha value is -2.31. The first-order valence-electron chi connectivity index (χ1n) is 7.90. The molecule has 140 valence electrons. The van der Waals surface area contributed by atoms with Crippen molar-refractivity contribution in [3.8, 4) is 34.4 Å². The van der Waals surface area contributed by atoms with Gasteiger partial charge < -0.3 is 9.15 Å². The van der Waals surface area contributed by atoms with Gasteiger partial charge in [0, 0.05) is 11.1 Å². The molecule has 4 aromatic rings. The van der Waals surface area contributed by atoms with E-state index in [9.17, 15) is 0 Å². The summed E-state index contributed by atoms with van der Waals surface area (Å²) in [5.41, 5.74) is 1.49. The topological polar surface area (TPSA) is 61.0 Å². The van der Waals surface area contributed by atoms with Gasteiger partial charge in [0.15, 0.2) is 16.1 Å². The van der Waals surface area contributed by atoms with Gasteiger partial charge in [0.25, 0.3) is 0 Å². The Morgan fingerprint density at radius 2 is 1.32 bits per heavy atom. The summed E-state index contributed by atoms with van der Waals surface area (Å²) in [5, 5.41) is 8.29. The number of halogens is 4. The van der Waals surface area contributed by atoms with Crippen LogP contribution < -0.4 is 4.74 Å². The molecule has 0 radical (unpaired) electrons. The molecular weight excluding hydrogens is 444 g/mol. The van der Waals surface area contributed by atoms with E-state index in [1.165, 1.54) is 0 Å². The van der Waals surface area contributed by atoms with Gasteiger partial charge in [0.05, 0.1) is 0 Å². The predicted octanol–water partition coefficient (Wildman–Crippen LogP) is 7.20. The van der Waals surface area contributed by atoms with Crippen LogP contribution in [-0.2, 0) is 0 Å². The van der Waals surface area contributed by atoms with Gasteiger partial charge in [-0.25, -0.2) is 4.98 Å². The first-order chi connectivity index (χ1) is 13.5. The highest BCUT2D eigenvalue weighted by molar-refractivity contribution is 6.47. The Bertz CT molecular complexity index is 1120. The third-order valence-corrected chi connectivity index (χ3v) is 5.15. The average Bonchev–Trinajstić information content (AvgIpc) is 3.21. The summed E-state index contributed by atoms with van der Waals surface area (Å²) < 4.78 is 11.6. The molecule has 0 saturated heterocycles. The standard InChI is InChI=1S/C19H9Cl4N3O2/c20-13-15(14(21)17(23)24-16(13)22)27-12-8-4-7-11(9-12)19-26-25-18(28-19)10-5-2-1-3-6-10/h1-9H. The first-order valence-corrected chi connectivity index (χ1v) is 9.41. The monoisotopic (exact) mass is 451 g/mol. The van der Waals surface area contributed by atoms with Gasteiger partial charge in [0.1, 0.15) is 15.8 Å². The molecule has 0 bridgehead atoms. The lowest BCUT2D eigenvalue weighted by Crippen LogP contribution is -1.91. The molecule has 0 aliphatic heterocycles. The molecule has 2 aromatic carbocycles. The lowest BCUT2D eigenvalue weighted by Gasteiger charge is -2.11. The Morgan fingerprint density at radius 3 is 2.00 bits per heavy atom. The fourth-order valence-electron chi connectivity index (χ4n) is 2.41. The number of aromatic nitrogens is 3. The fraction of sp³-hybridized carbons (Fsp3) is 0. The van der Waals surface area contributed by atoms with Crippen molar-refractivity contribution in [1.29, 1.82) is 0 Å². The molecule has 0 aliphatic rings. The van der Waals surface area contributed by atoms with E-state index in [4.69, 9.17) is 55.6 Å². The number of rotatable bonds is 4. The van der Waals surface area contributed by atoms with Crippen LogP contribution in [0.3, 0.4) is 0 Å². The molecular formula is C19H9Cl4N3O2. The maximum atomic E-state index is 6.14. The zero-order chi connectivity index (χ0) is 19.7. The second kappa shape index (κ2) is 7.97. The molecule has 0 atom stereocenters. The Labute approximate surface area is 179 Å². The molecule has 0 fully saturated rings. The highest BCUT2D eigenvalue weighted by atomic mass is 35.5. The second-order valence-corrected chi connectivity index (χ2v) is 7.03. The summed E-state index contributed by atoms with van der Waals surface area (Å²) in [4.78, 5) is 3.83. The Morgan fingerprint density at radius 1 is 0.714 bits per heavy atom. The van der Waals surface area contributed by atoms with Gasteiger partial charge in [0.2, 0.25) is 11.8 Å². The van der Waals surface area contributed by atoms with Crippen molar-refractivity contribution in [1.82, 2.24) is 15.2 Å². The normalized spacial score (nSPS) is 10.9. The molecule has 9 heteroatoms. The van der Waals surface area contributed by atoms with Crippen molar-refractivity contribution in [2.45, 2.75) is 0 Å². The molecule has 0 amide bonds. The number of nitrogens with zero attached hydrogens (tertiary/aromatic N) is 3. The molecule has 2 heterocycles. The van der Waals surface area contributed by atoms with E-state index < -0.39 is 0 Å². The van der Waals surface area contributed by atoms with E-state index in [-0.39, 0.29) is 26.1 Å². The van der Waals surface area contributed by atoms with Crippen LogP contribution in [0.2, 0.25) is 20.4 Å². The number of hydrogen-bond acceptors (Lipinski definition) is 5. The summed E-state index contributed by atoms with van der Waals surface area (Å²) in [6.07, 6.45) is 0. The average molecular weight is 453 g/mol. The second-order valence-electron chi connectivity index (χ2n) is 5.56. The largest absolute Gasteiger partial charge is 0.454 e. The van der Waals surface area contributed by atoms with E-state index >= 15 is 0 Å². The van der Waals surface area contributed by atoms with E-state index in [2.05, 4.69) is 15.2 Å². The molecule has 4 rings (SSSR count). The van der Waals surface area contributed by atoms with Gasteiger partial charge in [-0.15, -0.1) is 10.2 Å². The van der Waals surface area contributed by atoms with Gasteiger partial charge in [-0.2, -0.15) is 0 Å². The number of hydrogen-bond donors (Lipinski definition) is 0. The SMILES string of the molecule is Clc1nc(Cl)c(Cl)c(Oc2cccc(-c3nnc(-c4ccccc4)o3)c2)c1Cl. The lowest BCUT2D eigenvalue weighted by atomic mass is 10.2. The maximum Gasteiger partial charge on any atom is 0.248 e. The van der Waals surface area contributed by atoms with Crippen LogP contribution >= 0.6 is 46.4 Å². The minimum absolute atomic E-state index is 0.00775. The van der Waals surface area contributed by atoms with Crippen LogP contribution in [0.4, 0.5) is 0 Å². The van der Waals surface area contributed by atoms with Crippen LogP contribution in [0.1, 0.15) is 0 Å². The highest BCUT2D eigenvalue weighted by Crippen LogP contribution is 2.43. The third-order valence-electron chi connectivity index (χ3n) is 3.70. The van der Waals surface area contributed by atoms with Crippen molar-refractivity contribution in [2.24, 2.45) is 0 Å². The molecule has 0 spiro atoms. The van der Waals surface area contributed by atoms with Crippen LogP contribution in [0.15, 0.2) is 59.0 Å². The van der Waals surface area contributed by atoms with E-state index in [1.807, 2.05) is 36.4 Å². The molecule has 0 N–H and O–H groups in total. The minimum atomic E-state index is -0.00775. The Balaban J connectivity index is 1.66. The molecule has 0 aliphatic carbocycles. The quantitative estimate of drug-likeness (QED) is 0.306. The van der Waals surface area contributed by atoms with Crippen LogP contribution in [0.25, 0.3) is 22.9 Å². The van der Waals surface area contributed by atoms with Crippen LogP contribution in [-0.4, -0.2) is 15.2 Å². The summed E-state index contributed by atoms with van der Waals surface area (Å²) in [6, 6.07) is 16.5. The van der Waals surface area contributed by atoms with Crippen molar-refractivity contribution < 1.29 is 9.15 Å². The fourth-order valence-corrected chi connectivity index (χ4v) is 3.19. The zero-order valence-electron chi connectivity index (χ0n) is 13.9. The van der Waals surface area contributed by atoms with Gasteiger partial charge >= 0.3 is 0 Å². The van der Waals surface area contributed by atoms with Crippen LogP contribution in [0, 0.1) is 0 Å². The summed E-state index contributed by atoms with van der Waals surface area (Å²) >= 11 is 24.2. The van der Waals surface area contributed by atoms with Crippen molar-refractivity contribution >= 4 is 46.4 Å². The number of ether oxygens (including phenoxy) is 1. The maximum absolute atomic E-state index is 6.14. The molecule has 0 saturated carbocycles. The Kier molecular flexibility index (Phi) is 5.42. The van der Waals surface area contributed by atoms with Gasteiger partial charge in [-0.3, -0.25) is 0 Å². The van der Waals surface area contributed by atoms with Crippen molar-refractivity contribution in [2.75, 3.05) is 0 Å². The molecule has 28 heavy (non-hydrogen) atoms. The molecule has 5 nitrogen and oxygen atoms in total. The molecule has 2 aromatic heterocycles. The number of benzene rings is 2. The van der Waals surface area contributed by atoms with E-state index in [0.717, 1.165) is 5.56 Å². The summed E-state index contributed by atoms with van der Waals surface area (Å²) in [5.74, 6) is 1.30. The first kappa shape index (κ1) is 19.0. The predicted molar refractivity (Wildman–Crippen MR) is 110 cm³/mol. The highest BCUT2D eigenvalue weighted by Gasteiger charge is 2.18. The summed E-state index contributed by atoms with van der Waals surface area (Å²) in [7, 11) is 0. The van der Waals surface area contributed by atoms with Crippen LogP contribution in [0.5, 0.6) is 11.5 Å². The number of pyridine rings is 1.